The van der Waals surface area contributed by atoms with Crippen LogP contribution in [0.25, 0.3) is 0 Å². The Morgan fingerprint density at radius 2 is 1.85 bits per heavy atom. The molecule has 0 fully saturated rings. The van der Waals surface area contributed by atoms with E-state index in [0.717, 1.165) is 0 Å². The van der Waals surface area contributed by atoms with E-state index >= 15 is 0 Å². The quantitative estimate of drug-likeness (QED) is 0.623. The van der Waals surface area contributed by atoms with Crippen LogP contribution in [0.15, 0.2) is 12.1 Å². The molecule has 1 rings (SSSR count). The van der Waals surface area contributed by atoms with Gasteiger partial charge in [-0.3, -0.25) is 0 Å². The molecule has 70 valence electrons. The fourth-order valence-corrected chi connectivity index (χ4v) is 1.55. The SMILES string of the molecule is OCc1c(Cl)ccc(B(O)O)c1Cl. The fraction of sp³-hybridized carbons (Fsp3) is 0.143. The van der Waals surface area contributed by atoms with Gasteiger partial charge in [-0.05, 0) is 6.07 Å². The second kappa shape index (κ2) is 4.31. The average molecular weight is 221 g/mol. The number of aliphatic hydroxyl groups is 1. The van der Waals surface area contributed by atoms with Crippen LogP contribution in [0.1, 0.15) is 5.56 Å². The molecular formula is C7H7BCl2O3. The smallest absolute Gasteiger partial charge is 0.423 e. The Hall–Kier alpha value is -0.255. The molecule has 0 bridgehead atoms. The van der Waals surface area contributed by atoms with Crippen LogP contribution in [-0.4, -0.2) is 22.3 Å². The van der Waals surface area contributed by atoms with E-state index in [1.54, 1.807) is 0 Å². The molecule has 0 aliphatic carbocycles. The predicted octanol–water partition coefficient (Wildman–Crippen LogP) is 0.166. The third-order valence-electron chi connectivity index (χ3n) is 1.65. The standard InChI is InChI=1S/C7H7BCl2O3/c9-6-2-1-5(8(12)13)7(10)4(6)3-11/h1-2,11-13H,3H2. The molecule has 0 heterocycles. The molecule has 0 atom stereocenters. The lowest BCUT2D eigenvalue weighted by molar-refractivity contribution is 0.282. The van der Waals surface area contributed by atoms with Crippen molar-refractivity contribution < 1.29 is 15.2 Å². The molecule has 0 aliphatic rings. The molecule has 3 nitrogen and oxygen atoms in total. The van der Waals surface area contributed by atoms with Gasteiger partial charge in [0.05, 0.1) is 6.61 Å². The molecule has 0 amide bonds. The third-order valence-corrected chi connectivity index (χ3v) is 2.45. The first-order valence-electron chi connectivity index (χ1n) is 3.51. The van der Waals surface area contributed by atoms with E-state index in [2.05, 4.69) is 0 Å². The van der Waals surface area contributed by atoms with Crippen LogP contribution in [0, 0.1) is 0 Å². The van der Waals surface area contributed by atoms with Gasteiger partial charge in [0.15, 0.2) is 0 Å². The van der Waals surface area contributed by atoms with Gasteiger partial charge < -0.3 is 15.2 Å². The van der Waals surface area contributed by atoms with Crippen molar-refractivity contribution in [2.24, 2.45) is 0 Å². The lowest BCUT2D eigenvalue weighted by Gasteiger charge is -2.08. The minimum atomic E-state index is -1.66. The van der Waals surface area contributed by atoms with E-state index < -0.39 is 7.12 Å². The van der Waals surface area contributed by atoms with E-state index in [9.17, 15) is 0 Å². The predicted molar refractivity (Wildman–Crippen MR) is 52.2 cm³/mol. The van der Waals surface area contributed by atoms with Crippen LogP contribution in [0.5, 0.6) is 0 Å². The van der Waals surface area contributed by atoms with Crippen molar-refractivity contribution in [1.29, 1.82) is 0 Å². The summed E-state index contributed by atoms with van der Waals surface area (Å²) in [5, 5.41) is 27.0. The monoisotopic (exact) mass is 220 g/mol. The molecule has 3 N–H and O–H groups in total. The van der Waals surface area contributed by atoms with Gasteiger partial charge in [-0.2, -0.15) is 0 Å². The van der Waals surface area contributed by atoms with Crippen LogP contribution in [0.3, 0.4) is 0 Å². The van der Waals surface area contributed by atoms with Crippen LogP contribution in [0.4, 0.5) is 0 Å². The summed E-state index contributed by atoms with van der Waals surface area (Å²) in [5.74, 6) is 0. The molecule has 0 aromatic heterocycles. The molecule has 1 aromatic rings. The first-order valence-corrected chi connectivity index (χ1v) is 4.27. The first-order chi connectivity index (χ1) is 6.07. The van der Waals surface area contributed by atoms with Crippen molar-refractivity contribution in [3.8, 4) is 0 Å². The van der Waals surface area contributed by atoms with Gasteiger partial charge in [0.1, 0.15) is 0 Å². The highest BCUT2D eigenvalue weighted by Gasteiger charge is 2.18. The molecule has 13 heavy (non-hydrogen) atoms. The van der Waals surface area contributed by atoms with Gasteiger partial charge in [-0.25, -0.2) is 0 Å². The van der Waals surface area contributed by atoms with Crippen molar-refractivity contribution >= 4 is 35.8 Å². The summed E-state index contributed by atoms with van der Waals surface area (Å²) >= 11 is 11.4. The third kappa shape index (κ3) is 2.16. The summed E-state index contributed by atoms with van der Waals surface area (Å²) in [4.78, 5) is 0. The summed E-state index contributed by atoms with van der Waals surface area (Å²) in [6.45, 7) is -0.335. The van der Waals surface area contributed by atoms with Crippen molar-refractivity contribution in [1.82, 2.24) is 0 Å². The molecule has 0 saturated carbocycles. The summed E-state index contributed by atoms with van der Waals surface area (Å²) in [6, 6.07) is 2.85. The zero-order chi connectivity index (χ0) is 10.0. The van der Waals surface area contributed by atoms with Gasteiger partial charge >= 0.3 is 7.12 Å². The van der Waals surface area contributed by atoms with Gasteiger partial charge in [0.2, 0.25) is 0 Å². The first kappa shape index (κ1) is 10.8. The molecule has 0 aliphatic heterocycles. The van der Waals surface area contributed by atoms with E-state index in [1.807, 2.05) is 0 Å². The Balaban J connectivity index is 3.27. The maximum Gasteiger partial charge on any atom is 0.489 e. The maximum absolute atomic E-state index is 8.87. The lowest BCUT2D eigenvalue weighted by Crippen LogP contribution is -2.31. The van der Waals surface area contributed by atoms with E-state index in [4.69, 9.17) is 38.4 Å². The molecule has 6 heteroatoms. The topological polar surface area (TPSA) is 60.7 Å². The Bertz CT molecular complexity index is 317. The molecular weight excluding hydrogens is 214 g/mol. The second-order valence-corrected chi connectivity index (χ2v) is 3.25. The van der Waals surface area contributed by atoms with Crippen molar-refractivity contribution in [2.75, 3.05) is 0 Å². The number of rotatable bonds is 2. The van der Waals surface area contributed by atoms with Gasteiger partial charge in [0.25, 0.3) is 0 Å². The molecule has 1 aromatic carbocycles. The fourth-order valence-electron chi connectivity index (χ4n) is 0.960. The van der Waals surface area contributed by atoms with Gasteiger partial charge in [-0.1, -0.05) is 29.3 Å². The Kier molecular flexibility index (Phi) is 3.59. The zero-order valence-corrected chi connectivity index (χ0v) is 8.05. The summed E-state index contributed by atoms with van der Waals surface area (Å²) in [6.07, 6.45) is 0. The number of aliphatic hydroxyl groups excluding tert-OH is 1. The normalized spacial score (nSPS) is 10.2. The maximum atomic E-state index is 8.87. The summed E-state index contributed by atoms with van der Waals surface area (Å²) in [7, 11) is -1.66. The van der Waals surface area contributed by atoms with Crippen LogP contribution in [-0.2, 0) is 6.61 Å². The number of hydrogen-bond acceptors (Lipinski definition) is 3. The van der Waals surface area contributed by atoms with Crippen molar-refractivity contribution in [3.63, 3.8) is 0 Å². The Morgan fingerprint density at radius 1 is 1.23 bits per heavy atom. The van der Waals surface area contributed by atoms with Crippen molar-refractivity contribution in [2.45, 2.75) is 6.61 Å². The highest BCUT2D eigenvalue weighted by Crippen LogP contribution is 2.22. The molecule has 0 unspecified atom stereocenters. The van der Waals surface area contributed by atoms with Gasteiger partial charge in [-0.15, -0.1) is 0 Å². The van der Waals surface area contributed by atoms with Crippen LogP contribution < -0.4 is 5.46 Å². The second-order valence-electron chi connectivity index (χ2n) is 2.46. The van der Waals surface area contributed by atoms with Gasteiger partial charge in [0, 0.05) is 21.1 Å². The molecule has 0 spiro atoms. The van der Waals surface area contributed by atoms with Crippen LogP contribution >= 0.6 is 23.2 Å². The highest BCUT2D eigenvalue weighted by molar-refractivity contribution is 6.63. The van der Waals surface area contributed by atoms with E-state index in [0.29, 0.717) is 10.6 Å². The molecule has 0 radical (unpaired) electrons. The highest BCUT2D eigenvalue weighted by atomic mass is 35.5. The summed E-state index contributed by atoms with van der Waals surface area (Å²) in [5.41, 5.74) is 0.434. The Labute approximate surface area is 85.7 Å². The minimum absolute atomic E-state index is 0.0880. The molecule has 0 saturated heterocycles. The number of hydrogen-bond donors (Lipinski definition) is 3. The minimum Gasteiger partial charge on any atom is -0.423 e. The summed E-state index contributed by atoms with van der Waals surface area (Å²) < 4.78 is 0. The van der Waals surface area contributed by atoms with Crippen molar-refractivity contribution in [3.05, 3.63) is 27.7 Å². The number of benzene rings is 1. The van der Waals surface area contributed by atoms with E-state index in [1.165, 1.54) is 12.1 Å². The average Bonchev–Trinajstić information content (AvgIpc) is 2.04. The number of halogens is 2. The zero-order valence-electron chi connectivity index (χ0n) is 6.54. The van der Waals surface area contributed by atoms with Crippen LogP contribution in [0.2, 0.25) is 10.0 Å². The lowest BCUT2D eigenvalue weighted by atomic mass is 9.79. The largest absolute Gasteiger partial charge is 0.489 e. The van der Waals surface area contributed by atoms with E-state index in [-0.39, 0.29) is 17.1 Å². The Morgan fingerprint density at radius 3 is 2.31 bits per heavy atom.